The molecule has 0 amide bonds. The van der Waals surface area contributed by atoms with Crippen molar-refractivity contribution in [3.63, 3.8) is 0 Å². The van der Waals surface area contributed by atoms with Gasteiger partial charge in [0.25, 0.3) is 5.69 Å². The number of sulfonamides is 1. The Bertz CT molecular complexity index is 1280. The zero-order valence-electron chi connectivity index (χ0n) is 24.9. The Balaban J connectivity index is 2.65. The minimum Gasteiger partial charge on any atom is -0.468 e. The first kappa shape index (κ1) is 33.4. The molecular weight excluding hydrogens is 550 g/mol. The molecule has 2 aromatic carbocycles. The fourth-order valence-corrected chi connectivity index (χ4v) is 6.71. The molecule has 0 saturated carbocycles. The minimum atomic E-state index is -4.20. The highest BCUT2D eigenvalue weighted by atomic mass is 32.2. The van der Waals surface area contributed by atoms with Gasteiger partial charge < -0.3 is 14.5 Å². The molecule has 12 heteroatoms. The van der Waals surface area contributed by atoms with E-state index in [2.05, 4.69) is 39.2 Å². The van der Waals surface area contributed by atoms with Crippen LogP contribution in [0.2, 0.25) is 18.1 Å². The van der Waals surface area contributed by atoms with Crippen molar-refractivity contribution in [1.29, 1.82) is 0 Å². The quantitative estimate of drug-likeness (QED) is 0.138. The number of aryl methyl sites for hydroxylation is 1. The first-order chi connectivity index (χ1) is 18.4. The first-order valence-corrected chi connectivity index (χ1v) is 17.6. The van der Waals surface area contributed by atoms with Gasteiger partial charge in [0.2, 0.25) is 10.0 Å². The number of para-hydroxylation sites is 2. The molecule has 222 valence electrons. The number of methoxy groups -OCH3 is 1. The number of nitro benzene ring substituents is 1. The number of carbonyl (C=O) groups is 1. The molecule has 0 spiro atoms. The van der Waals surface area contributed by atoms with Gasteiger partial charge in [-0.05, 0) is 49.2 Å². The van der Waals surface area contributed by atoms with Gasteiger partial charge in [0.15, 0.2) is 8.32 Å². The van der Waals surface area contributed by atoms with E-state index in [1.54, 1.807) is 44.2 Å². The van der Waals surface area contributed by atoms with Gasteiger partial charge in [-0.25, -0.2) is 8.42 Å². The number of nitrogens with one attached hydrogen (secondary N) is 1. The summed E-state index contributed by atoms with van der Waals surface area (Å²) >= 11 is 0. The van der Waals surface area contributed by atoms with Crippen LogP contribution in [0.3, 0.4) is 0 Å². The summed E-state index contributed by atoms with van der Waals surface area (Å²) in [4.78, 5) is 24.3. The predicted octanol–water partition coefficient (Wildman–Crippen LogP) is 5.59. The van der Waals surface area contributed by atoms with Crippen LogP contribution in [0.4, 0.5) is 11.4 Å². The number of hydrogen-bond donors (Lipinski definition) is 1. The standard InChI is InChI=1S/C28H43N3O7SSi/c1-20(2)26(27(32)37-7)30(39(35,36)23-16-14-21(3)15-17-23)18-22(19-38-40(8,9)28(4,5)6)29-24-12-10-11-13-25(24)31(33)34/h10-17,20,22,26,29H,18-19H2,1-9H3/t22-,26+/m1/s1. The maximum Gasteiger partial charge on any atom is 0.324 e. The molecule has 0 aromatic heterocycles. The SMILES string of the molecule is COC(=O)[C@H](C(C)C)N(C[C@H](CO[Si](C)(C)C(C)(C)C)Nc1ccccc1[N+](=O)[O-])S(=O)(=O)c1ccc(C)cc1. The average Bonchev–Trinajstić information content (AvgIpc) is 2.86. The highest BCUT2D eigenvalue weighted by molar-refractivity contribution is 7.89. The molecule has 1 N–H and O–H groups in total. The Hall–Kier alpha value is -2.80. The smallest absolute Gasteiger partial charge is 0.324 e. The van der Waals surface area contributed by atoms with E-state index < -0.39 is 47.2 Å². The van der Waals surface area contributed by atoms with E-state index in [1.807, 2.05) is 6.92 Å². The Labute approximate surface area is 239 Å². The van der Waals surface area contributed by atoms with Crippen LogP contribution in [0.15, 0.2) is 53.4 Å². The largest absolute Gasteiger partial charge is 0.468 e. The highest BCUT2D eigenvalue weighted by Crippen LogP contribution is 2.37. The summed E-state index contributed by atoms with van der Waals surface area (Å²) in [5.41, 5.74) is 0.960. The van der Waals surface area contributed by atoms with Crippen molar-refractivity contribution in [2.75, 3.05) is 25.6 Å². The van der Waals surface area contributed by atoms with Crippen LogP contribution < -0.4 is 5.32 Å². The zero-order chi connectivity index (χ0) is 30.5. The molecule has 0 aliphatic heterocycles. The summed E-state index contributed by atoms with van der Waals surface area (Å²) in [7, 11) is -5.28. The maximum absolute atomic E-state index is 14.1. The number of carbonyl (C=O) groups excluding carboxylic acids is 1. The molecule has 2 aromatic rings. The molecule has 10 nitrogen and oxygen atoms in total. The van der Waals surface area contributed by atoms with E-state index >= 15 is 0 Å². The van der Waals surface area contributed by atoms with Crippen LogP contribution >= 0.6 is 0 Å². The van der Waals surface area contributed by atoms with E-state index in [0.717, 1.165) is 9.87 Å². The average molecular weight is 594 g/mol. The molecule has 0 saturated heterocycles. The van der Waals surface area contributed by atoms with Crippen molar-refractivity contribution in [3.8, 4) is 0 Å². The molecule has 2 rings (SSSR count). The Morgan fingerprint density at radius 3 is 2.17 bits per heavy atom. The molecule has 0 aliphatic rings. The third-order valence-electron chi connectivity index (χ3n) is 7.32. The molecule has 0 heterocycles. The van der Waals surface area contributed by atoms with Gasteiger partial charge >= 0.3 is 5.97 Å². The number of hydrogen-bond acceptors (Lipinski definition) is 8. The van der Waals surface area contributed by atoms with Gasteiger partial charge in [-0.3, -0.25) is 14.9 Å². The lowest BCUT2D eigenvalue weighted by molar-refractivity contribution is -0.384. The van der Waals surface area contributed by atoms with Crippen molar-refractivity contribution >= 4 is 35.7 Å². The molecule has 40 heavy (non-hydrogen) atoms. The normalized spacial score (nSPS) is 14.2. The van der Waals surface area contributed by atoms with E-state index in [1.165, 1.54) is 25.3 Å². The Morgan fingerprint density at radius 1 is 1.10 bits per heavy atom. The van der Waals surface area contributed by atoms with E-state index in [4.69, 9.17) is 9.16 Å². The number of ether oxygens (including phenoxy) is 1. The van der Waals surface area contributed by atoms with Crippen LogP contribution in [0.5, 0.6) is 0 Å². The number of anilines is 1. The third kappa shape index (κ3) is 8.12. The summed E-state index contributed by atoms with van der Waals surface area (Å²) in [6.07, 6.45) is 0. The zero-order valence-corrected chi connectivity index (χ0v) is 26.7. The van der Waals surface area contributed by atoms with E-state index in [-0.39, 0.29) is 34.5 Å². The number of esters is 1. The second-order valence-electron chi connectivity index (χ2n) is 11.8. The Kier molecular flexibility index (Phi) is 11.1. The summed E-state index contributed by atoms with van der Waals surface area (Å²) in [5.74, 6) is -1.12. The summed E-state index contributed by atoms with van der Waals surface area (Å²) in [6, 6.07) is 10.7. The molecule has 0 bridgehead atoms. The lowest BCUT2D eigenvalue weighted by Crippen LogP contribution is -2.54. The van der Waals surface area contributed by atoms with Crippen molar-refractivity contribution in [2.45, 2.75) is 76.7 Å². The van der Waals surface area contributed by atoms with Crippen molar-refractivity contribution in [2.24, 2.45) is 5.92 Å². The van der Waals surface area contributed by atoms with Gasteiger partial charge in [-0.2, -0.15) is 4.31 Å². The van der Waals surface area contributed by atoms with Crippen molar-refractivity contribution in [1.82, 2.24) is 4.31 Å². The molecule has 0 aliphatic carbocycles. The summed E-state index contributed by atoms with van der Waals surface area (Å²) < 4.78 is 40.8. The number of nitrogens with zero attached hydrogens (tertiary/aromatic N) is 2. The Morgan fingerprint density at radius 2 is 1.68 bits per heavy atom. The van der Waals surface area contributed by atoms with Gasteiger partial charge in [-0.1, -0.05) is 64.4 Å². The monoisotopic (exact) mass is 593 g/mol. The van der Waals surface area contributed by atoms with Crippen LogP contribution in [-0.2, 0) is 24.0 Å². The van der Waals surface area contributed by atoms with Gasteiger partial charge in [0.05, 0.1) is 29.6 Å². The topological polar surface area (TPSA) is 128 Å². The van der Waals surface area contributed by atoms with E-state index in [0.29, 0.717) is 0 Å². The second-order valence-corrected chi connectivity index (χ2v) is 18.5. The number of rotatable bonds is 13. The molecule has 0 radical (unpaired) electrons. The van der Waals surface area contributed by atoms with Gasteiger partial charge in [0.1, 0.15) is 11.7 Å². The fraction of sp³-hybridized carbons (Fsp3) is 0.536. The van der Waals surface area contributed by atoms with Crippen LogP contribution in [-0.4, -0.2) is 64.3 Å². The van der Waals surface area contributed by atoms with Crippen LogP contribution in [0.25, 0.3) is 0 Å². The van der Waals surface area contributed by atoms with Crippen LogP contribution in [0.1, 0.15) is 40.2 Å². The van der Waals surface area contributed by atoms with Crippen molar-refractivity contribution in [3.05, 3.63) is 64.2 Å². The summed E-state index contributed by atoms with van der Waals surface area (Å²) in [5, 5.41) is 14.8. The minimum absolute atomic E-state index is 0.0300. The molecule has 2 atom stereocenters. The summed E-state index contributed by atoms with van der Waals surface area (Å²) in [6.45, 7) is 15.6. The lowest BCUT2D eigenvalue weighted by Gasteiger charge is -2.39. The number of nitro groups is 1. The highest BCUT2D eigenvalue weighted by Gasteiger charge is 2.42. The van der Waals surface area contributed by atoms with Crippen LogP contribution in [0, 0.1) is 23.0 Å². The molecule has 0 fully saturated rings. The van der Waals surface area contributed by atoms with Crippen molar-refractivity contribution < 1.29 is 27.3 Å². The van der Waals surface area contributed by atoms with E-state index in [9.17, 15) is 23.3 Å². The maximum atomic E-state index is 14.1. The second kappa shape index (κ2) is 13.2. The predicted molar refractivity (Wildman–Crippen MR) is 159 cm³/mol. The lowest BCUT2D eigenvalue weighted by atomic mass is 10.0. The van der Waals surface area contributed by atoms with Gasteiger partial charge in [0, 0.05) is 12.6 Å². The third-order valence-corrected chi connectivity index (χ3v) is 13.7. The van der Waals surface area contributed by atoms with Gasteiger partial charge in [-0.15, -0.1) is 0 Å². The first-order valence-electron chi connectivity index (χ1n) is 13.2. The fourth-order valence-electron chi connectivity index (χ4n) is 3.91. The molecular formula is C28H43N3O7SSi. The molecule has 0 unspecified atom stereocenters. The number of benzene rings is 2.